The Hall–Kier alpha value is -3.87. The SMILES string of the molecule is CC[C@H](C)CN(C[C@@H](O)[C@H](Cc1ccccc1)NC(=O)[C@@H]1CN(c2cccc(F)c2)C(=O)O1)S(=O)(=O)c1ccc(C)c(F)c1. The van der Waals surface area contributed by atoms with E-state index >= 15 is 0 Å². The number of halogens is 2. The topological polar surface area (TPSA) is 116 Å². The first-order chi connectivity index (χ1) is 20.9. The first-order valence-corrected chi connectivity index (χ1v) is 15.9. The van der Waals surface area contributed by atoms with Crippen LogP contribution in [0.15, 0.2) is 77.7 Å². The molecule has 0 bridgehead atoms. The summed E-state index contributed by atoms with van der Waals surface area (Å²) in [5, 5.41) is 14.2. The van der Waals surface area contributed by atoms with Crippen LogP contribution in [0.25, 0.3) is 0 Å². The fourth-order valence-electron chi connectivity index (χ4n) is 4.85. The largest absolute Gasteiger partial charge is 0.434 e. The zero-order valence-electron chi connectivity index (χ0n) is 24.8. The van der Waals surface area contributed by atoms with E-state index in [0.29, 0.717) is 12.0 Å². The summed E-state index contributed by atoms with van der Waals surface area (Å²) < 4.78 is 61.9. The lowest BCUT2D eigenvalue weighted by Crippen LogP contribution is -2.53. The minimum atomic E-state index is -4.23. The van der Waals surface area contributed by atoms with E-state index in [-0.39, 0.29) is 42.6 Å². The van der Waals surface area contributed by atoms with Crippen LogP contribution in [0.1, 0.15) is 31.4 Å². The predicted octanol–water partition coefficient (Wildman–Crippen LogP) is 4.42. The maximum atomic E-state index is 14.4. The van der Waals surface area contributed by atoms with Crippen LogP contribution in [-0.2, 0) is 26.0 Å². The number of carbonyl (C=O) groups excluding carboxylic acids is 2. The molecule has 44 heavy (non-hydrogen) atoms. The third-order valence-corrected chi connectivity index (χ3v) is 9.53. The lowest BCUT2D eigenvalue weighted by atomic mass is 10.0. The molecule has 1 aliphatic rings. The van der Waals surface area contributed by atoms with E-state index in [1.165, 1.54) is 37.3 Å². The summed E-state index contributed by atoms with van der Waals surface area (Å²) in [6.45, 7) is 4.79. The zero-order valence-corrected chi connectivity index (χ0v) is 25.6. The average Bonchev–Trinajstić information content (AvgIpc) is 3.39. The molecule has 4 atom stereocenters. The van der Waals surface area contributed by atoms with Crippen molar-refractivity contribution >= 4 is 27.7 Å². The molecule has 3 aromatic carbocycles. The van der Waals surface area contributed by atoms with Crippen LogP contribution in [0.2, 0.25) is 0 Å². The normalized spacial score (nSPS) is 17.3. The highest BCUT2D eigenvalue weighted by molar-refractivity contribution is 7.89. The third kappa shape index (κ3) is 7.99. The van der Waals surface area contributed by atoms with Gasteiger partial charge in [0.25, 0.3) is 5.91 Å². The summed E-state index contributed by atoms with van der Waals surface area (Å²) in [5.74, 6) is -2.00. The summed E-state index contributed by atoms with van der Waals surface area (Å²) in [4.78, 5) is 26.8. The minimum Gasteiger partial charge on any atom is -0.434 e. The lowest BCUT2D eigenvalue weighted by Gasteiger charge is -2.31. The molecule has 3 aromatic rings. The van der Waals surface area contributed by atoms with Gasteiger partial charge in [-0.25, -0.2) is 22.0 Å². The van der Waals surface area contributed by atoms with Crippen molar-refractivity contribution in [2.24, 2.45) is 5.92 Å². The van der Waals surface area contributed by atoms with Crippen LogP contribution in [0, 0.1) is 24.5 Å². The molecule has 4 rings (SSSR count). The molecule has 2 amide bonds. The van der Waals surface area contributed by atoms with Crippen LogP contribution in [0.5, 0.6) is 0 Å². The molecule has 0 radical (unpaired) electrons. The molecule has 0 unspecified atom stereocenters. The second-order valence-corrected chi connectivity index (χ2v) is 13.0. The van der Waals surface area contributed by atoms with Crippen molar-refractivity contribution in [1.82, 2.24) is 9.62 Å². The number of carbonyl (C=O) groups is 2. The number of nitrogens with one attached hydrogen (secondary N) is 1. The molecule has 1 saturated heterocycles. The molecular weight excluding hydrogens is 592 g/mol. The molecule has 2 N–H and O–H groups in total. The smallest absolute Gasteiger partial charge is 0.415 e. The number of aliphatic hydroxyl groups is 1. The first-order valence-electron chi connectivity index (χ1n) is 14.4. The summed E-state index contributed by atoms with van der Waals surface area (Å²) in [6, 6.07) is 17.0. The van der Waals surface area contributed by atoms with E-state index in [1.54, 1.807) is 24.3 Å². The maximum Gasteiger partial charge on any atom is 0.415 e. The molecule has 0 aromatic heterocycles. The number of cyclic esters (lactones) is 1. The zero-order chi connectivity index (χ0) is 32.0. The van der Waals surface area contributed by atoms with E-state index in [4.69, 9.17) is 4.74 Å². The van der Waals surface area contributed by atoms with Crippen molar-refractivity contribution in [3.63, 3.8) is 0 Å². The van der Waals surface area contributed by atoms with Gasteiger partial charge in [-0.05, 0) is 60.7 Å². The van der Waals surface area contributed by atoms with Gasteiger partial charge >= 0.3 is 6.09 Å². The molecular formula is C32H37F2N3O6S. The van der Waals surface area contributed by atoms with Gasteiger partial charge in [-0.15, -0.1) is 0 Å². The Morgan fingerprint density at radius 3 is 2.48 bits per heavy atom. The average molecular weight is 630 g/mol. The van der Waals surface area contributed by atoms with E-state index < -0.39 is 51.9 Å². The second-order valence-electron chi connectivity index (χ2n) is 11.1. The van der Waals surface area contributed by atoms with Gasteiger partial charge in [-0.2, -0.15) is 4.31 Å². The van der Waals surface area contributed by atoms with Crippen LogP contribution >= 0.6 is 0 Å². The van der Waals surface area contributed by atoms with Crippen molar-refractivity contribution in [2.45, 2.75) is 56.8 Å². The molecule has 0 spiro atoms. The number of benzene rings is 3. The Kier molecular flexibility index (Phi) is 10.7. The Labute approximate surface area is 256 Å². The van der Waals surface area contributed by atoms with Gasteiger partial charge in [0, 0.05) is 13.1 Å². The first kappa shape index (κ1) is 33.0. The molecule has 12 heteroatoms. The molecule has 236 valence electrons. The Balaban J connectivity index is 1.57. The number of ether oxygens (including phenoxy) is 1. The van der Waals surface area contributed by atoms with Crippen LogP contribution < -0.4 is 10.2 Å². The number of amides is 2. The summed E-state index contributed by atoms with van der Waals surface area (Å²) in [5.41, 5.74) is 1.29. The number of aryl methyl sites for hydroxylation is 1. The van der Waals surface area contributed by atoms with Crippen molar-refractivity contribution in [1.29, 1.82) is 0 Å². The van der Waals surface area contributed by atoms with Gasteiger partial charge in [-0.1, -0.05) is 62.7 Å². The maximum absolute atomic E-state index is 14.4. The monoisotopic (exact) mass is 629 g/mol. The molecule has 9 nitrogen and oxygen atoms in total. The van der Waals surface area contributed by atoms with Crippen LogP contribution in [0.3, 0.4) is 0 Å². The molecule has 0 saturated carbocycles. The summed E-state index contributed by atoms with van der Waals surface area (Å²) >= 11 is 0. The fraction of sp³-hybridized carbons (Fsp3) is 0.375. The quantitative estimate of drug-likeness (QED) is 0.289. The highest BCUT2D eigenvalue weighted by atomic mass is 32.2. The summed E-state index contributed by atoms with van der Waals surface area (Å²) in [6.07, 6.45) is -2.69. The minimum absolute atomic E-state index is 0.0558. The third-order valence-electron chi connectivity index (χ3n) is 7.70. The van der Waals surface area contributed by atoms with E-state index in [9.17, 15) is 31.9 Å². The highest BCUT2D eigenvalue weighted by Crippen LogP contribution is 2.24. The number of sulfonamides is 1. The van der Waals surface area contributed by atoms with E-state index in [0.717, 1.165) is 26.9 Å². The van der Waals surface area contributed by atoms with Gasteiger partial charge < -0.3 is 15.2 Å². The molecule has 1 aliphatic heterocycles. The standard InChI is InChI=1S/C32H37F2N3O6S/c1-4-21(2)18-36(44(41,42)26-14-13-22(3)27(34)17-26)19-29(38)28(15-23-9-6-5-7-10-23)35-31(39)30-20-37(32(40)43-30)25-12-8-11-24(33)16-25/h5-14,16-17,21,28-30,38H,4,15,18-20H2,1-3H3,(H,35,39)/t21-,28-,29+,30-/m0/s1. The molecule has 1 heterocycles. The Morgan fingerprint density at radius 1 is 1.09 bits per heavy atom. The van der Waals surface area contributed by atoms with Gasteiger partial charge in [-0.3, -0.25) is 9.69 Å². The summed E-state index contributed by atoms with van der Waals surface area (Å²) in [7, 11) is -4.23. The van der Waals surface area contributed by atoms with E-state index in [2.05, 4.69) is 5.32 Å². The number of hydrogen-bond donors (Lipinski definition) is 2. The van der Waals surface area contributed by atoms with Gasteiger partial charge in [0.1, 0.15) is 11.6 Å². The van der Waals surface area contributed by atoms with Gasteiger partial charge in [0.15, 0.2) is 6.10 Å². The van der Waals surface area contributed by atoms with Crippen molar-refractivity contribution in [3.05, 3.63) is 95.6 Å². The van der Waals surface area contributed by atoms with Crippen molar-refractivity contribution in [3.8, 4) is 0 Å². The van der Waals surface area contributed by atoms with Crippen molar-refractivity contribution in [2.75, 3.05) is 24.5 Å². The van der Waals surface area contributed by atoms with Crippen molar-refractivity contribution < 1.29 is 36.6 Å². The number of aliphatic hydroxyl groups excluding tert-OH is 1. The van der Waals surface area contributed by atoms with Crippen LogP contribution in [0.4, 0.5) is 19.3 Å². The lowest BCUT2D eigenvalue weighted by molar-refractivity contribution is -0.129. The Bertz CT molecular complexity index is 1570. The fourth-order valence-corrected chi connectivity index (χ4v) is 6.44. The van der Waals surface area contributed by atoms with Gasteiger partial charge in [0.05, 0.1) is 29.3 Å². The Morgan fingerprint density at radius 2 is 1.82 bits per heavy atom. The molecule has 1 fully saturated rings. The van der Waals surface area contributed by atoms with E-state index in [1.807, 2.05) is 19.9 Å². The number of anilines is 1. The predicted molar refractivity (Wildman–Crippen MR) is 161 cm³/mol. The second kappa shape index (κ2) is 14.3. The van der Waals surface area contributed by atoms with Gasteiger partial charge in [0.2, 0.25) is 10.0 Å². The van der Waals surface area contributed by atoms with Crippen LogP contribution in [-0.4, -0.2) is 67.7 Å². The number of nitrogens with zero attached hydrogens (tertiary/aromatic N) is 2. The number of hydrogen-bond acceptors (Lipinski definition) is 6. The highest BCUT2D eigenvalue weighted by Gasteiger charge is 2.39. The molecule has 0 aliphatic carbocycles. The number of rotatable bonds is 13.